The van der Waals surface area contributed by atoms with Crippen LogP contribution in [0.4, 0.5) is 0 Å². The predicted octanol–water partition coefficient (Wildman–Crippen LogP) is 4.71. The third-order valence-electron chi connectivity index (χ3n) is 11.3. The summed E-state index contributed by atoms with van der Waals surface area (Å²) in [5.41, 5.74) is 2.30. The van der Waals surface area contributed by atoms with Crippen molar-refractivity contribution in [1.82, 2.24) is 0 Å². The zero-order valence-corrected chi connectivity index (χ0v) is 24.5. The van der Waals surface area contributed by atoms with Gasteiger partial charge in [0.25, 0.3) is 0 Å². The second-order valence-corrected chi connectivity index (χ2v) is 13.8. The molecule has 0 radical (unpaired) electrons. The van der Waals surface area contributed by atoms with E-state index in [4.69, 9.17) is 4.74 Å². The van der Waals surface area contributed by atoms with E-state index < -0.39 is 46.6 Å². The molecular formula is C32H50O6. The number of hydrogen-bond donors (Lipinski definition) is 4. The van der Waals surface area contributed by atoms with Crippen molar-refractivity contribution in [2.45, 2.75) is 111 Å². The largest absolute Gasteiger partial charge is 0.458 e. The van der Waals surface area contributed by atoms with E-state index in [9.17, 15) is 25.2 Å². The maximum Gasteiger partial charge on any atom is 0.303 e. The molecule has 0 amide bonds. The predicted molar refractivity (Wildman–Crippen MR) is 148 cm³/mol. The lowest BCUT2D eigenvalue weighted by molar-refractivity contribution is -0.189. The van der Waals surface area contributed by atoms with E-state index in [-0.39, 0.29) is 24.9 Å². The Morgan fingerprint density at radius 2 is 1.84 bits per heavy atom. The summed E-state index contributed by atoms with van der Waals surface area (Å²) in [5, 5.41) is 44.4. The highest BCUT2D eigenvalue weighted by Crippen LogP contribution is 2.67. The quantitative estimate of drug-likeness (QED) is 0.281. The Labute approximate surface area is 228 Å². The van der Waals surface area contributed by atoms with Gasteiger partial charge in [0.15, 0.2) is 0 Å². The van der Waals surface area contributed by atoms with Gasteiger partial charge in [-0.1, -0.05) is 59.8 Å². The van der Waals surface area contributed by atoms with E-state index in [1.54, 1.807) is 0 Å². The lowest BCUT2D eigenvalue weighted by Crippen LogP contribution is -2.64. The fourth-order valence-electron chi connectivity index (χ4n) is 9.07. The highest BCUT2D eigenvalue weighted by molar-refractivity contribution is 5.67. The third kappa shape index (κ3) is 4.25. The molecule has 4 aliphatic carbocycles. The Hall–Kier alpha value is -1.47. The Morgan fingerprint density at radius 3 is 2.42 bits per heavy atom. The number of esters is 1. The highest BCUT2D eigenvalue weighted by atomic mass is 16.6. The van der Waals surface area contributed by atoms with E-state index in [0.29, 0.717) is 11.8 Å². The van der Waals surface area contributed by atoms with Gasteiger partial charge >= 0.3 is 5.97 Å². The first-order chi connectivity index (χ1) is 17.6. The molecule has 4 N–H and O–H groups in total. The number of aliphatic hydroxyl groups is 4. The average molecular weight is 531 g/mol. The van der Waals surface area contributed by atoms with Crippen molar-refractivity contribution < 1.29 is 30.0 Å². The number of fused-ring (bicyclic) bond motifs is 4. The summed E-state index contributed by atoms with van der Waals surface area (Å²) in [4.78, 5) is 12.4. The molecule has 214 valence electrons. The van der Waals surface area contributed by atoms with Gasteiger partial charge in [-0.05, 0) is 84.3 Å². The van der Waals surface area contributed by atoms with Crippen LogP contribution >= 0.6 is 0 Å². The van der Waals surface area contributed by atoms with Crippen molar-refractivity contribution >= 4 is 5.97 Å². The smallest absolute Gasteiger partial charge is 0.303 e. The zero-order chi connectivity index (χ0) is 28.4. The number of rotatable bonds is 7. The van der Waals surface area contributed by atoms with Crippen molar-refractivity contribution in [3.8, 4) is 0 Å². The van der Waals surface area contributed by atoms with Crippen LogP contribution in [-0.2, 0) is 9.53 Å². The van der Waals surface area contributed by atoms with Crippen LogP contribution < -0.4 is 0 Å². The first-order valence-corrected chi connectivity index (χ1v) is 14.6. The van der Waals surface area contributed by atoms with Gasteiger partial charge in [-0.25, -0.2) is 0 Å². The van der Waals surface area contributed by atoms with Crippen LogP contribution in [-0.4, -0.2) is 57.4 Å². The highest BCUT2D eigenvalue weighted by Gasteiger charge is 2.65. The molecule has 0 aromatic heterocycles. The number of aliphatic hydroxyl groups excluding tert-OH is 4. The topological polar surface area (TPSA) is 107 Å². The molecule has 1 fully saturated rings. The van der Waals surface area contributed by atoms with Crippen LogP contribution in [0, 0.1) is 39.9 Å². The van der Waals surface area contributed by atoms with Gasteiger partial charge in [0.2, 0.25) is 0 Å². The van der Waals surface area contributed by atoms with Crippen LogP contribution in [0.15, 0.2) is 34.9 Å². The van der Waals surface area contributed by atoms with Gasteiger partial charge in [-0.2, -0.15) is 0 Å². The standard InChI is InChI=1S/C32H50O6/c1-17(2)18(3)9-10-19(4)22-12-13-23-21-11-14-25-30(6,15-24(35)28(37)31(25,7)16-33)26(21)27(36)29(32(22,23)8)38-20(5)34/h13,17,19,22,24-25,27-29,33,35-37H,3,9-12,14-16H2,1-2,4-8H3. The Bertz CT molecular complexity index is 1030. The van der Waals surface area contributed by atoms with E-state index in [0.717, 1.165) is 43.3 Å². The molecule has 10 atom stereocenters. The Balaban J connectivity index is 1.79. The molecule has 38 heavy (non-hydrogen) atoms. The molecule has 0 aromatic carbocycles. The first-order valence-electron chi connectivity index (χ1n) is 14.6. The lowest BCUT2D eigenvalue weighted by Gasteiger charge is -2.62. The van der Waals surface area contributed by atoms with Crippen LogP contribution in [0.2, 0.25) is 0 Å². The minimum absolute atomic E-state index is 0.132. The van der Waals surface area contributed by atoms with Gasteiger partial charge in [-0.15, -0.1) is 0 Å². The summed E-state index contributed by atoms with van der Waals surface area (Å²) < 4.78 is 6.02. The Morgan fingerprint density at radius 1 is 1.18 bits per heavy atom. The van der Waals surface area contributed by atoms with E-state index >= 15 is 0 Å². The molecular weight excluding hydrogens is 480 g/mol. The number of carbonyl (C=O) groups is 1. The third-order valence-corrected chi connectivity index (χ3v) is 11.3. The number of hydrogen-bond acceptors (Lipinski definition) is 6. The average Bonchev–Trinajstić information content (AvgIpc) is 3.20. The van der Waals surface area contributed by atoms with Gasteiger partial charge in [0.05, 0.1) is 18.8 Å². The lowest BCUT2D eigenvalue weighted by atomic mass is 9.44. The van der Waals surface area contributed by atoms with Gasteiger partial charge in [0, 0.05) is 17.8 Å². The number of carbonyl (C=O) groups excluding carboxylic acids is 1. The number of allylic oxidation sites excluding steroid dienone is 3. The summed E-state index contributed by atoms with van der Waals surface area (Å²) in [6.07, 6.45) is 3.05. The summed E-state index contributed by atoms with van der Waals surface area (Å²) in [6, 6.07) is 0. The minimum atomic E-state index is -1.04. The normalized spacial score (nSPS) is 43.2. The van der Waals surface area contributed by atoms with Crippen molar-refractivity contribution in [2.24, 2.45) is 39.9 Å². The minimum Gasteiger partial charge on any atom is -0.458 e. The van der Waals surface area contributed by atoms with Crippen molar-refractivity contribution in [3.05, 3.63) is 34.9 Å². The maximum absolute atomic E-state index is 12.4. The maximum atomic E-state index is 12.4. The van der Waals surface area contributed by atoms with E-state index in [2.05, 4.69) is 47.3 Å². The second-order valence-electron chi connectivity index (χ2n) is 13.8. The SMILES string of the molecule is C=C(CCC(C)C1CC=C2C3=C(C(O)C(OC(C)=O)C21C)C1(C)CC(O)C(O)C(C)(CO)C1CC3)C(C)C. The summed E-state index contributed by atoms with van der Waals surface area (Å²) in [6.45, 7) is 18.1. The molecule has 0 bridgehead atoms. The van der Waals surface area contributed by atoms with Crippen molar-refractivity contribution in [2.75, 3.05) is 6.61 Å². The van der Waals surface area contributed by atoms with Crippen LogP contribution in [0.5, 0.6) is 0 Å². The molecule has 0 aromatic rings. The summed E-state index contributed by atoms with van der Waals surface area (Å²) in [5.74, 6) is 0.443. The van der Waals surface area contributed by atoms with Crippen LogP contribution in [0.25, 0.3) is 0 Å². The molecule has 6 heteroatoms. The van der Waals surface area contributed by atoms with Crippen LogP contribution in [0.1, 0.15) is 87.0 Å². The summed E-state index contributed by atoms with van der Waals surface area (Å²) >= 11 is 0. The van der Waals surface area contributed by atoms with Crippen LogP contribution in [0.3, 0.4) is 0 Å². The van der Waals surface area contributed by atoms with Crippen molar-refractivity contribution in [1.29, 1.82) is 0 Å². The molecule has 4 rings (SSSR count). The molecule has 1 saturated carbocycles. The first kappa shape index (κ1) is 29.5. The monoisotopic (exact) mass is 530 g/mol. The van der Waals surface area contributed by atoms with Gasteiger partial charge < -0.3 is 25.2 Å². The molecule has 0 aliphatic heterocycles. The molecule has 4 aliphatic rings. The summed E-state index contributed by atoms with van der Waals surface area (Å²) in [7, 11) is 0. The molecule has 0 spiro atoms. The fraction of sp³-hybridized carbons (Fsp3) is 0.781. The molecule has 0 saturated heterocycles. The van der Waals surface area contributed by atoms with E-state index in [1.807, 2.05) is 6.92 Å². The molecule has 10 unspecified atom stereocenters. The fourth-order valence-corrected chi connectivity index (χ4v) is 9.07. The zero-order valence-electron chi connectivity index (χ0n) is 24.5. The number of ether oxygens (including phenoxy) is 1. The van der Waals surface area contributed by atoms with Gasteiger partial charge in [-0.3, -0.25) is 4.79 Å². The Kier molecular flexibility index (Phi) is 7.90. The molecule has 0 heterocycles. The molecule has 6 nitrogen and oxygen atoms in total. The van der Waals surface area contributed by atoms with E-state index in [1.165, 1.54) is 18.1 Å². The second kappa shape index (κ2) is 10.2. The van der Waals surface area contributed by atoms with Crippen molar-refractivity contribution in [3.63, 3.8) is 0 Å². The van der Waals surface area contributed by atoms with Gasteiger partial charge in [0.1, 0.15) is 12.2 Å².